The van der Waals surface area contributed by atoms with Crippen LogP contribution in [0, 0.1) is 0 Å². The molecule has 0 aliphatic heterocycles. The summed E-state index contributed by atoms with van der Waals surface area (Å²) in [5.41, 5.74) is 0.540. The molecule has 4 nitrogen and oxygen atoms in total. The van der Waals surface area contributed by atoms with E-state index < -0.39 is 11.9 Å². The van der Waals surface area contributed by atoms with Gasteiger partial charge in [-0.05, 0) is 24.1 Å². The third-order valence-corrected chi connectivity index (χ3v) is 2.15. The van der Waals surface area contributed by atoms with E-state index in [1.54, 1.807) is 6.07 Å². The van der Waals surface area contributed by atoms with Gasteiger partial charge in [0.2, 0.25) is 0 Å². The van der Waals surface area contributed by atoms with Crippen molar-refractivity contribution >= 4 is 23.5 Å². The minimum Gasteiger partial charge on any atom is -0.481 e. The number of carboxylic acids is 2. The summed E-state index contributed by atoms with van der Waals surface area (Å²) in [6, 6.07) is 4.40. The lowest BCUT2D eigenvalue weighted by Gasteiger charge is -2.04. The van der Waals surface area contributed by atoms with Gasteiger partial charge in [0.15, 0.2) is 0 Å². The molecular formula is C10H9ClO4. The predicted molar refractivity (Wildman–Crippen MR) is 54.4 cm³/mol. The van der Waals surface area contributed by atoms with Gasteiger partial charge in [0, 0.05) is 11.4 Å². The highest BCUT2D eigenvalue weighted by molar-refractivity contribution is 6.30. The summed E-state index contributed by atoms with van der Waals surface area (Å²) in [6.45, 7) is 0. The van der Waals surface area contributed by atoms with E-state index in [-0.39, 0.29) is 18.4 Å². The molecule has 0 amide bonds. The van der Waals surface area contributed by atoms with Gasteiger partial charge in [0.25, 0.3) is 0 Å². The summed E-state index contributed by atoms with van der Waals surface area (Å²) >= 11 is 5.64. The maximum absolute atomic E-state index is 10.8. The van der Waals surface area contributed by atoms with Gasteiger partial charge in [-0.3, -0.25) is 4.79 Å². The van der Waals surface area contributed by atoms with Crippen LogP contribution in [0.4, 0.5) is 0 Å². The van der Waals surface area contributed by atoms with E-state index in [0.717, 1.165) is 0 Å². The van der Waals surface area contributed by atoms with Crippen molar-refractivity contribution < 1.29 is 19.8 Å². The number of rotatable bonds is 4. The largest absolute Gasteiger partial charge is 0.481 e. The zero-order valence-electron chi connectivity index (χ0n) is 7.74. The van der Waals surface area contributed by atoms with Crippen molar-refractivity contribution in [2.24, 2.45) is 0 Å². The van der Waals surface area contributed by atoms with E-state index in [4.69, 9.17) is 21.8 Å². The zero-order chi connectivity index (χ0) is 11.4. The molecule has 0 unspecified atom stereocenters. The Bertz CT molecular complexity index is 400. The molecule has 0 radical (unpaired) electrons. The number of carboxylic acid groups (broad SMARTS) is 2. The molecule has 0 spiro atoms. The lowest BCUT2D eigenvalue weighted by atomic mass is 10.0. The fourth-order valence-corrected chi connectivity index (χ4v) is 1.38. The van der Waals surface area contributed by atoms with Crippen molar-refractivity contribution in [2.45, 2.75) is 12.8 Å². The van der Waals surface area contributed by atoms with Crippen molar-refractivity contribution in [3.8, 4) is 0 Å². The summed E-state index contributed by atoms with van der Waals surface area (Å²) < 4.78 is 0. The molecule has 1 aromatic carbocycles. The van der Waals surface area contributed by atoms with Gasteiger partial charge in [0.05, 0.1) is 5.56 Å². The van der Waals surface area contributed by atoms with E-state index in [0.29, 0.717) is 10.6 Å². The van der Waals surface area contributed by atoms with Crippen molar-refractivity contribution in [3.63, 3.8) is 0 Å². The molecule has 0 aliphatic rings. The van der Waals surface area contributed by atoms with Crippen LogP contribution in [0.15, 0.2) is 18.2 Å². The molecule has 0 bridgehead atoms. The van der Waals surface area contributed by atoms with Crippen LogP contribution in [0.5, 0.6) is 0 Å². The second kappa shape index (κ2) is 4.79. The summed E-state index contributed by atoms with van der Waals surface area (Å²) in [6.07, 6.45) is 0.0933. The highest BCUT2D eigenvalue weighted by Gasteiger charge is 2.11. The molecule has 0 heterocycles. The number of aliphatic carboxylic acids is 1. The molecule has 0 aliphatic carbocycles. The number of carbonyl (C=O) groups is 2. The Morgan fingerprint density at radius 2 is 1.93 bits per heavy atom. The number of halogens is 1. The highest BCUT2D eigenvalue weighted by atomic mass is 35.5. The molecule has 5 heteroatoms. The van der Waals surface area contributed by atoms with Gasteiger partial charge in [0.1, 0.15) is 0 Å². The standard InChI is InChI=1S/C10H9ClO4/c11-7-3-1-6(2-4-9(12)13)8(5-7)10(14)15/h1,3,5H,2,4H2,(H,12,13)(H,14,15). The monoisotopic (exact) mass is 228 g/mol. The Balaban J connectivity index is 2.95. The minimum atomic E-state index is -1.10. The Morgan fingerprint density at radius 3 is 2.47 bits per heavy atom. The van der Waals surface area contributed by atoms with Crippen LogP contribution in [0.2, 0.25) is 5.02 Å². The first-order chi connectivity index (χ1) is 7.00. The predicted octanol–water partition coefficient (Wildman–Crippen LogP) is 2.06. The molecule has 1 rings (SSSR count). The summed E-state index contributed by atoms with van der Waals surface area (Å²) in [7, 11) is 0. The molecule has 0 aromatic heterocycles. The van der Waals surface area contributed by atoms with E-state index >= 15 is 0 Å². The van der Waals surface area contributed by atoms with Crippen molar-refractivity contribution in [3.05, 3.63) is 34.3 Å². The van der Waals surface area contributed by atoms with E-state index in [1.807, 2.05) is 0 Å². The molecule has 80 valence electrons. The first-order valence-corrected chi connectivity index (χ1v) is 4.62. The zero-order valence-corrected chi connectivity index (χ0v) is 8.49. The van der Waals surface area contributed by atoms with Gasteiger partial charge >= 0.3 is 11.9 Å². The molecule has 0 saturated heterocycles. The number of benzene rings is 1. The average molecular weight is 229 g/mol. The van der Waals surface area contributed by atoms with Gasteiger partial charge in [-0.2, -0.15) is 0 Å². The maximum atomic E-state index is 10.8. The Labute approximate surface area is 91.1 Å². The Kier molecular flexibility index (Phi) is 3.68. The van der Waals surface area contributed by atoms with Crippen LogP contribution in [0.25, 0.3) is 0 Å². The van der Waals surface area contributed by atoms with Crippen LogP contribution in [0.1, 0.15) is 22.3 Å². The lowest BCUT2D eigenvalue weighted by Crippen LogP contribution is -2.05. The topological polar surface area (TPSA) is 74.6 Å². The van der Waals surface area contributed by atoms with E-state index in [9.17, 15) is 9.59 Å². The SMILES string of the molecule is O=C(O)CCc1ccc(Cl)cc1C(=O)O. The van der Waals surface area contributed by atoms with Crippen LogP contribution < -0.4 is 0 Å². The number of hydrogen-bond acceptors (Lipinski definition) is 2. The van der Waals surface area contributed by atoms with Gasteiger partial charge in [-0.25, -0.2) is 4.79 Å². The maximum Gasteiger partial charge on any atom is 0.336 e. The fourth-order valence-electron chi connectivity index (χ4n) is 1.21. The lowest BCUT2D eigenvalue weighted by molar-refractivity contribution is -0.136. The van der Waals surface area contributed by atoms with E-state index in [1.165, 1.54) is 12.1 Å². The molecule has 0 fully saturated rings. The molecule has 15 heavy (non-hydrogen) atoms. The van der Waals surface area contributed by atoms with Crippen molar-refractivity contribution in [2.75, 3.05) is 0 Å². The summed E-state index contributed by atoms with van der Waals surface area (Å²) in [4.78, 5) is 21.2. The van der Waals surface area contributed by atoms with E-state index in [2.05, 4.69) is 0 Å². The Morgan fingerprint density at radius 1 is 1.27 bits per heavy atom. The molecule has 0 saturated carbocycles. The third-order valence-electron chi connectivity index (χ3n) is 1.91. The Hall–Kier alpha value is -1.55. The van der Waals surface area contributed by atoms with Gasteiger partial charge < -0.3 is 10.2 Å². The van der Waals surface area contributed by atoms with Gasteiger partial charge in [-0.15, -0.1) is 0 Å². The van der Waals surface area contributed by atoms with Crippen molar-refractivity contribution in [1.82, 2.24) is 0 Å². The fraction of sp³-hybridized carbons (Fsp3) is 0.200. The number of aryl methyl sites for hydroxylation is 1. The second-order valence-electron chi connectivity index (χ2n) is 3.00. The summed E-state index contributed by atoms with van der Waals surface area (Å²) in [5.74, 6) is -2.06. The quantitative estimate of drug-likeness (QED) is 0.827. The van der Waals surface area contributed by atoms with Crippen LogP contribution in [-0.2, 0) is 11.2 Å². The van der Waals surface area contributed by atoms with Gasteiger partial charge in [-0.1, -0.05) is 17.7 Å². The third kappa shape index (κ3) is 3.25. The number of aromatic carboxylic acids is 1. The summed E-state index contributed by atoms with van der Waals surface area (Å²) in [5, 5.41) is 17.7. The van der Waals surface area contributed by atoms with Crippen molar-refractivity contribution in [1.29, 1.82) is 0 Å². The normalized spacial score (nSPS) is 9.93. The van der Waals surface area contributed by atoms with Crippen LogP contribution in [-0.4, -0.2) is 22.2 Å². The molecule has 0 atom stereocenters. The van der Waals surface area contributed by atoms with Crippen LogP contribution in [0.3, 0.4) is 0 Å². The molecular weight excluding hydrogens is 220 g/mol. The smallest absolute Gasteiger partial charge is 0.336 e. The minimum absolute atomic E-state index is 0.0590. The second-order valence-corrected chi connectivity index (χ2v) is 3.44. The molecule has 1 aromatic rings. The highest BCUT2D eigenvalue weighted by Crippen LogP contribution is 2.17. The van der Waals surface area contributed by atoms with Crippen LogP contribution >= 0.6 is 11.6 Å². The first kappa shape index (κ1) is 11.5. The molecule has 2 N–H and O–H groups in total. The first-order valence-electron chi connectivity index (χ1n) is 4.24. The average Bonchev–Trinajstić information content (AvgIpc) is 2.15. The number of hydrogen-bond donors (Lipinski definition) is 2.